The number of amides is 2. The highest BCUT2D eigenvalue weighted by Crippen LogP contribution is 2.24. The fraction of sp³-hybridized carbons (Fsp3) is 0.259. The maximum absolute atomic E-state index is 13.5. The van der Waals surface area contributed by atoms with Gasteiger partial charge >= 0.3 is 0 Å². The lowest BCUT2D eigenvalue weighted by molar-refractivity contribution is -0.139. The van der Waals surface area contributed by atoms with Gasteiger partial charge in [0.25, 0.3) is 0 Å². The van der Waals surface area contributed by atoms with Gasteiger partial charge in [-0.25, -0.2) is 0 Å². The Morgan fingerprint density at radius 1 is 1.09 bits per heavy atom. The number of hydrogen-bond donors (Lipinski definition) is 1. The number of nitrogens with one attached hydrogen (secondary N) is 1. The van der Waals surface area contributed by atoms with Gasteiger partial charge in [0.15, 0.2) is 0 Å². The average molecular weight is 463 g/mol. The minimum absolute atomic E-state index is 0.110. The van der Waals surface area contributed by atoms with Crippen molar-refractivity contribution in [2.24, 2.45) is 0 Å². The summed E-state index contributed by atoms with van der Waals surface area (Å²) in [6.07, 6.45) is 2.82. The zero-order valence-corrected chi connectivity index (χ0v) is 19.9. The number of hydrogen-bond acceptors (Lipinski definition) is 4. The number of carbonyl (C=O) groups is 2. The predicted molar refractivity (Wildman–Crippen MR) is 133 cm³/mol. The quantitative estimate of drug-likeness (QED) is 0.411. The summed E-state index contributed by atoms with van der Waals surface area (Å²) in [7, 11) is 1.62. The first-order valence-electron chi connectivity index (χ1n) is 11.0. The van der Waals surface area contributed by atoms with Gasteiger partial charge in [-0.05, 0) is 46.7 Å². The van der Waals surface area contributed by atoms with Crippen LogP contribution >= 0.6 is 11.3 Å². The Labute approximate surface area is 199 Å². The van der Waals surface area contributed by atoms with E-state index in [9.17, 15) is 9.59 Å². The SMILES string of the molecule is C=CCN(C(=O)Cc1cccs1)C(C(=O)NCc1ccc(OC)cc1)c1ccc(CC)cc1. The molecule has 172 valence electrons. The van der Waals surface area contributed by atoms with E-state index in [0.29, 0.717) is 6.54 Å². The Hall–Kier alpha value is -3.38. The zero-order valence-electron chi connectivity index (χ0n) is 19.1. The van der Waals surface area contributed by atoms with E-state index in [2.05, 4.69) is 18.8 Å². The Bertz CT molecular complexity index is 1040. The third kappa shape index (κ3) is 6.56. The van der Waals surface area contributed by atoms with Crippen LogP contribution in [0.4, 0.5) is 0 Å². The average Bonchev–Trinajstić information content (AvgIpc) is 3.36. The van der Waals surface area contributed by atoms with E-state index in [1.165, 1.54) is 16.9 Å². The number of nitrogens with zero attached hydrogens (tertiary/aromatic N) is 1. The molecule has 0 saturated heterocycles. The number of rotatable bonds is 11. The van der Waals surface area contributed by atoms with E-state index in [0.717, 1.165) is 28.2 Å². The maximum atomic E-state index is 13.5. The Kier molecular flexibility index (Phi) is 8.84. The smallest absolute Gasteiger partial charge is 0.247 e. The molecule has 2 amide bonds. The fourth-order valence-electron chi connectivity index (χ4n) is 3.59. The molecule has 1 heterocycles. The first-order chi connectivity index (χ1) is 16.0. The van der Waals surface area contributed by atoms with Crippen molar-refractivity contribution in [1.29, 1.82) is 0 Å². The molecule has 33 heavy (non-hydrogen) atoms. The van der Waals surface area contributed by atoms with Crippen molar-refractivity contribution in [3.05, 3.63) is 100 Å². The molecule has 0 radical (unpaired) electrons. The topological polar surface area (TPSA) is 58.6 Å². The Balaban J connectivity index is 1.85. The Morgan fingerprint density at radius 3 is 2.36 bits per heavy atom. The number of methoxy groups -OCH3 is 1. The second kappa shape index (κ2) is 12.0. The summed E-state index contributed by atoms with van der Waals surface area (Å²) in [5.74, 6) is 0.424. The molecule has 0 spiro atoms. The first-order valence-corrected chi connectivity index (χ1v) is 11.9. The standard InChI is InChI=1S/C27H30N2O3S/c1-4-16-29(25(30)18-24-7-6-17-33-24)26(22-12-8-20(5-2)9-13-22)27(31)28-19-21-10-14-23(32-3)15-11-21/h4,6-15,17,26H,1,5,16,18-19H2,2-3H3,(H,28,31). The van der Waals surface area contributed by atoms with Crippen LogP contribution in [0.5, 0.6) is 5.75 Å². The highest BCUT2D eigenvalue weighted by Gasteiger charge is 2.30. The molecule has 0 aliphatic carbocycles. The van der Waals surface area contributed by atoms with Crippen molar-refractivity contribution in [1.82, 2.24) is 10.2 Å². The molecule has 0 saturated carbocycles. The van der Waals surface area contributed by atoms with Crippen LogP contribution in [0.15, 0.2) is 78.7 Å². The van der Waals surface area contributed by atoms with Crippen LogP contribution < -0.4 is 10.1 Å². The molecule has 1 N–H and O–H groups in total. The number of benzene rings is 2. The molecule has 0 aliphatic heterocycles. The summed E-state index contributed by atoms with van der Waals surface area (Å²) in [6.45, 7) is 6.54. The molecule has 1 unspecified atom stereocenters. The van der Waals surface area contributed by atoms with Crippen LogP contribution in [0.3, 0.4) is 0 Å². The minimum atomic E-state index is -0.750. The van der Waals surface area contributed by atoms with Crippen molar-refractivity contribution in [2.75, 3.05) is 13.7 Å². The van der Waals surface area contributed by atoms with Crippen LogP contribution in [0.25, 0.3) is 0 Å². The summed E-state index contributed by atoms with van der Waals surface area (Å²) in [6, 6.07) is 18.5. The molecule has 2 aromatic carbocycles. The lowest BCUT2D eigenvalue weighted by Crippen LogP contribution is -2.44. The van der Waals surface area contributed by atoms with Crippen LogP contribution in [0, 0.1) is 0 Å². The van der Waals surface area contributed by atoms with Crippen molar-refractivity contribution in [3.63, 3.8) is 0 Å². The molecule has 1 atom stereocenters. The number of ether oxygens (including phenoxy) is 1. The van der Waals surface area contributed by atoms with Gasteiger partial charge in [-0.2, -0.15) is 0 Å². The van der Waals surface area contributed by atoms with Crippen LogP contribution in [-0.2, 0) is 29.0 Å². The molecule has 0 aliphatic rings. The Morgan fingerprint density at radius 2 is 1.79 bits per heavy atom. The van der Waals surface area contributed by atoms with E-state index in [1.807, 2.05) is 66.0 Å². The van der Waals surface area contributed by atoms with Gasteiger partial charge in [0.2, 0.25) is 11.8 Å². The molecule has 1 aromatic heterocycles. The third-order valence-electron chi connectivity index (χ3n) is 5.44. The molecule has 5 nitrogen and oxygen atoms in total. The number of aryl methyl sites for hydroxylation is 1. The van der Waals surface area contributed by atoms with Crippen LogP contribution in [0.2, 0.25) is 0 Å². The lowest BCUT2D eigenvalue weighted by atomic mass is 10.0. The normalized spacial score (nSPS) is 11.5. The maximum Gasteiger partial charge on any atom is 0.247 e. The summed E-state index contributed by atoms with van der Waals surface area (Å²) in [4.78, 5) is 29.3. The van der Waals surface area contributed by atoms with E-state index in [4.69, 9.17) is 4.74 Å². The van der Waals surface area contributed by atoms with Crippen LogP contribution in [-0.4, -0.2) is 30.4 Å². The first kappa shape index (κ1) is 24.3. The van der Waals surface area contributed by atoms with Gasteiger partial charge in [-0.1, -0.05) is 55.5 Å². The van der Waals surface area contributed by atoms with Crippen molar-refractivity contribution >= 4 is 23.2 Å². The minimum Gasteiger partial charge on any atom is -0.497 e. The molecule has 0 bridgehead atoms. The highest BCUT2D eigenvalue weighted by molar-refractivity contribution is 7.10. The summed E-state index contributed by atoms with van der Waals surface area (Å²) < 4.78 is 5.20. The van der Waals surface area contributed by atoms with Crippen molar-refractivity contribution in [2.45, 2.75) is 32.4 Å². The van der Waals surface area contributed by atoms with Crippen LogP contribution in [0.1, 0.15) is 34.5 Å². The van der Waals surface area contributed by atoms with E-state index < -0.39 is 6.04 Å². The van der Waals surface area contributed by atoms with E-state index in [-0.39, 0.29) is 24.8 Å². The summed E-state index contributed by atoms with van der Waals surface area (Å²) in [5.41, 5.74) is 2.90. The number of thiophene rings is 1. The largest absolute Gasteiger partial charge is 0.497 e. The predicted octanol–water partition coefficient (Wildman–Crippen LogP) is 4.93. The summed E-state index contributed by atoms with van der Waals surface area (Å²) in [5, 5.41) is 4.96. The summed E-state index contributed by atoms with van der Waals surface area (Å²) >= 11 is 1.53. The van der Waals surface area contributed by atoms with Gasteiger partial charge in [0, 0.05) is 18.0 Å². The van der Waals surface area contributed by atoms with Gasteiger partial charge in [0.1, 0.15) is 11.8 Å². The second-order valence-corrected chi connectivity index (χ2v) is 8.69. The van der Waals surface area contributed by atoms with Gasteiger partial charge in [-0.15, -0.1) is 17.9 Å². The van der Waals surface area contributed by atoms with Gasteiger partial charge in [0.05, 0.1) is 13.5 Å². The van der Waals surface area contributed by atoms with E-state index in [1.54, 1.807) is 18.1 Å². The zero-order chi connectivity index (χ0) is 23.6. The second-order valence-electron chi connectivity index (χ2n) is 7.65. The fourth-order valence-corrected chi connectivity index (χ4v) is 4.29. The molecule has 0 fully saturated rings. The highest BCUT2D eigenvalue weighted by atomic mass is 32.1. The molecular weight excluding hydrogens is 432 g/mol. The third-order valence-corrected chi connectivity index (χ3v) is 6.32. The van der Waals surface area contributed by atoms with Crippen molar-refractivity contribution in [3.8, 4) is 5.75 Å². The van der Waals surface area contributed by atoms with Gasteiger partial charge < -0.3 is 15.0 Å². The molecule has 3 rings (SSSR count). The molecular formula is C27H30N2O3S. The van der Waals surface area contributed by atoms with Crippen molar-refractivity contribution < 1.29 is 14.3 Å². The lowest BCUT2D eigenvalue weighted by Gasteiger charge is -2.30. The van der Waals surface area contributed by atoms with E-state index >= 15 is 0 Å². The van der Waals surface area contributed by atoms with Gasteiger partial charge in [-0.3, -0.25) is 9.59 Å². The molecule has 3 aromatic rings. The molecule has 6 heteroatoms. The monoisotopic (exact) mass is 462 g/mol. The number of carbonyl (C=O) groups excluding carboxylic acids is 2.